The van der Waals surface area contributed by atoms with Crippen LogP contribution in [0.25, 0.3) is 16.8 Å². The molecule has 1 N–H and O–H groups in total. The molecule has 0 unspecified atom stereocenters. The molecule has 4 aromatic rings. The number of aryl methyl sites for hydroxylation is 2. The zero-order valence-electron chi connectivity index (χ0n) is 18.4. The van der Waals surface area contributed by atoms with Gasteiger partial charge in [0.1, 0.15) is 17.3 Å². The van der Waals surface area contributed by atoms with E-state index in [1.807, 2.05) is 31.2 Å². The molecule has 7 heteroatoms. The van der Waals surface area contributed by atoms with Crippen LogP contribution < -0.4 is 15.5 Å². The normalized spacial score (nSPS) is 10.7. The fraction of sp³-hybridized carbons (Fsp3) is 0.115. The first-order valence-electron chi connectivity index (χ1n) is 10.3. The van der Waals surface area contributed by atoms with Gasteiger partial charge in [0.2, 0.25) is 5.43 Å². The molecule has 1 amide bonds. The van der Waals surface area contributed by atoms with Crippen LogP contribution in [0.1, 0.15) is 21.6 Å². The lowest BCUT2D eigenvalue weighted by Crippen LogP contribution is -2.25. The molecule has 0 aliphatic carbocycles. The number of ether oxygens (including phenoxy) is 1. The van der Waals surface area contributed by atoms with Gasteiger partial charge < -0.3 is 10.1 Å². The van der Waals surface area contributed by atoms with Gasteiger partial charge in [-0.15, -0.1) is 0 Å². The first-order chi connectivity index (χ1) is 15.9. The number of methoxy groups -OCH3 is 1. The maximum absolute atomic E-state index is 13.3. The summed E-state index contributed by atoms with van der Waals surface area (Å²) in [6.07, 6.45) is 0. The molecule has 0 aliphatic rings. The smallest absolute Gasteiger partial charge is 0.258 e. The topological polar surface area (TPSA) is 73.2 Å². The molecule has 0 saturated carbocycles. The van der Waals surface area contributed by atoms with E-state index in [-0.39, 0.29) is 11.2 Å². The van der Waals surface area contributed by atoms with E-state index in [0.29, 0.717) is 38.8 Å². The summed E-state index contributed by atoms with van der Waals surface area (Å²) >= 11 is 6.25. The number of hydrogen-bond donors (Lipinski definition) is 1. The van der Waals surface area contributed by atoms with Crippen molar-refractivity contribution >= 4 is 23.3 Å². The lowest BCUT2D eigenvalue weighted by atomic mass is 10.0. The van der Waals surface area contributed by atoms with Crippen LogP contribution in [0.5, 0.6) is 5.75 Å². The molecule has 1 heterocycles. The summed E-state index contributed by atoms with van der Waals surface area (Å²) in [5.41, 5.74) is 2.97. The Labute approximate surface area is 196 Å². The summed E-state index contributed by atoms with van der Waals surface area (Å²) in [6, 6.07) is 21.5. The number of benzene rings is 3. The first-order valence-corrected chi connectivity index (χ1v) is 10.7. The van der Waals surface area contributed by atoms with E-state index >= 15 is 0 Å². The Morgan fingerprint density at radius 2 is 1.73 bits per heavy atom. The van der Waals surface area contributed by atoms with Gasteiger partial charge in [-0.25, -0.2) is 4.68 Å². The molecule has 3 aromatic carbocycles. The van der Waals surface area contributed by atoms with E-state index in [0.717, 1.165) is 5.56 Å². The van der Waals surface area contributed by atoms with E-state index in [2.05, 4.69) is 10.4 Å². The summed E-state index contributed by atoms with van der Waals surface area (Å²) in [5.74, 6) is 0.384. The van der Waals surface area contributed by atoms with Gasteiger partial charge in [-0.1, -0.05) is 53.6 Å². The molecule has 0 radical (unpaired) electrons. The number of nitrogens with zero attached hydrogens (tertiary/aromatic N) is 2. The molecule has 33 heavy (non-hydrogen) atoms. The highest BCUT2D eigenvalue weighted by Gasteiger charge is 2.22. The minimum Gasteiger partial charge on any atom is -0.497 e. The lowest BCUT2D eigenvalue weighted by molar-refractivity contribution is 0.102. The monoisotopic (exact) mass is 459 g/mol. The minimum absolute atomic E-state index is 0.243. The highest BCUT2D eigenvalue weighted by molar-refractivity contribution is 6.34. The molecular formula is C26H22ClN3O3. The summed E-state index contributed by atoms with van der Waals surface area (Å²) in [4.78, 5) is 26.5. The van der Waals surface area contributed by atoms with E-state index in [4.69, 9.17) is 16.3 Å². The number of halogens is 1. The van der Waals surface area contributed by atoms with Crippen LogP contribution in [-0.2, 0) is 0 Å². The predicted octanol–water partition coefficient (Wildman–Crippen LogP) is 5.43. The fourth-order valence-corrected chi connectivity index (χ4v) is 3.72. The van der Waals surface area contributed by atoms with Crippen LogP contribution >= 0.6 is 11.6 Å². The van der Waals surface area contributed by atoms with E-state index in [1.165, 1.54) is 0 Å². The fourth-order valence-electron chi connectivity index (χ4n) is 3.49. The molecule has 0 bridgehead atoms. The molecule has 0 atom stereocenters. The van der Waals surface area contributed by atoms with Crippen molar-refractivity contribution in [2.45, 2.75) is 13.8 Å². The van der Waals surface area contributed by atoms with Crippen LogP contribution in [0.3, 0.4) is 0 Å². The number of aromatic nitrogens is 2. The third-order valence-corrected chi connectivity index (χ3v) is 5.57. The second kappa shape index (κ2) is 9.30. The van der Waals surface area contributed by atoms with Crippen molar-refractivity contribution in [2.75, 3.05) is 12.4 Å². The zero-order chi connectivity index (χ0) is 23.5. The van der Waals surface area contributed by atoms with E-state index < -0.39 is 5.91 Å². The summed E-state index contributed by atoms with van der Waals surface area (Å²) in [7, 11) is 1.56. The molecule has 0 saturated heterocycles. The number of rotatable bonds is 5. The SMILES string of the molecule is COc1cccc(-c2c(NC(=O)c3ccccc3Cl)n(-c3ccc(C)cc3)nc(C)c2=O)c1. The van der Waals surface area contributed by atoms with Crippen molar-refractivity contribution in [2.24, 2.45) is 0 Å². The number of nitrogens with one attached hydrogen (secondary N) is 1. The third kappa shape index (κ3) is 4.52. The van der Waals surface area contributed by atoms with Gasteiger partial charge in [0, 0.05) is 0 Å². The Hall–Kier alpha value is -3.90. The zero-order valence-corrected chi connectivity index (χ0v) is 19.2. The Balaban J connectivity index is 1.98. The quantitative estimate of drug-likeness (QED) is 0.432. The van der Waals surface area contributed by atoms with Gasteiger partial charge in [0.25, 0.3) is 5.91 Å². The van der Waals surface area contributed by atoms with Crippen molar-refractivity contribution in [1.29, 1.82) is 0 Å². The number of carbonyl (C=O) groups excluding carboxylic acids is 1. The summed E-state index contributed by atoms with van der Waals surface area (Å²) in [5, 5.41) is 7.69. The Morgan fingerprint density at radius 1 is 1.00 bits per heavy atom. The summed E-state index contributed by atoms with van der Waals surface area (Å²) in [6.45, 7) is 3.63. The molecule has 166 valence electrons. The van der Waals surface area contributed by atoms with Gasteiger partial charge in [0.15, 0.2) is 0 Å². The number of hydrogen-bond acceptors (Lipinski definition) is 4. The molecule has 4 rings (SSSR count). The van der Waals surface area contributed by atoms with Crippen LogP contribution in [0.4, 0.5) is 5.82 Å². The van der Waals surface area contributed by atoms with Gasteiger partial charge in [-0.05, 0) is 55.8 Å². The van der Waals surface area contributed by atoms with Crippen molar-refractivity contribution < 1.29 is 9.53 Å². The molecule has 1 aromatic heterocycles. The second-order valence-corrected chi connectivity index (χ2v) is 7.96. The third-order valence-electron chi connectivity index (χ3n) is 5.24. The van der Waals surface area contributed by atoms with E-state index in [9.17, 15) is 9.59 Å². The first kappa shape index (κ1) is 22.3. The highest BCUT2D eigenvalue weighted by atomic mass is 35.5. The largest absolute Gasteiger partial charge is 0.497 e. The van der Waals surface area contributed by atoms with Crippen molar-refractivity contribution in [1.82, 2.24) is 9.78 Å². The Bertz CT molecular complexity index is 1400. The van der Waals surface area contributed by atoms with Crippen molar-refractivity contribution in [3.63, 3.8) is 0 Å². The Morgan fingerprint density at radius 3 is 2.42 bits per heavy atom. The van der Waals surface area contributed by atoms with Gasteiger partial charge in [0.05, 0.1) is 28.9 Å². The Kier molecular flexibility index (Phi) is 6.29. The molecule has 6 nitrogen and oxygen atoms in total. The van der Waals surface area contributed by atoms with Crippen LogP contribution in [0.2, 0.25) is 5.02 Å². The van der Waals surface area contributed by atoms with Gasteiger partial charge in [-0.3, -0.25) is 9.59 Å². The number of carbonyl (C=O) groups is 1. The van der Waals surface area contributed by atoms with Gasteiger partial charge >= 0.3 is 0 Å². The highest BCUT2D eigenvalue weighted by Crippen LogP contribution is 2.30. The van der Waals surface area contributed by atoms with Crippen molar-refractivity contribution in [3.05, 3.63) is 105 Å². The van der Waals surface area contributed by atoms with E-state index in [1.54, 1.807) is 67.2 Å². The molecule has 0 fully saturated rings. The average Bonchev–Trinajstić information content (AvgIpc) is 2.82. The van der Waals surface area contributed by atoms with Crippen LogP contribution in [0.15, 0.2) is 77.6 Å². The molecule has 0 aliphatic heterocycles. The summed E-state index contributed by atoms with van der Waals surface area (Å²) < 4.78 is 6.92. The van der Waals surface area contributed by atoms with Gasteiger partial charge in [-0.2, -0.15) is 5.10 Å². The minimum atomic E-state index is -0.448. The number of amides is 1. The second-order valence-electron chi connectivity index (χ2n) is 7.55. The standard InChI is InChI=1S/C26H22ClN3O3/c1-16-11-13-19(14-12-16)30-25(28-26(32)21-9-4-5-10-22(21)27)23(24(31)17(2)29-30)18-7-6-8-20(15-18)33-3/h4-15H,1-3H3,(H,28,32). The van der Waals surface area contributed by atoms with Crippen molar-refractivity contribution in [3.8, 4) is 22.6 Å². The van der Waals surface area contributed by atoms with Crippen LogP contribution in [-0.4, -0.2) is 22.8 Å². The average molecular weight is 460 g/mol. The lowest BCUT2D eigenvalue weighted by Gasteiger charge is -2.19. The maximum atomic E-state index is 13.3. The maximum Gasteiger partial charge on any atom is 0.258 e. The van der Waals surface area contributed by atoms with Crippen LogP contribution in [0, 0.1) is 13.8 Å². The molecule has 0 spiro atoms. The predicted molar refractivity (Wildman–Crippen MR) is 131 cm³/mol. The molecular weight excluding hydrogens is 438 g/mol. The number of anilines is 1.